The molecule has 0 saturated carbocycles. The molecule has 25 heavy (non-hydrogen) atoms. The van der Waals surface area contributed by atoms with Gasteiger partial charge in [-0.3, -0.25) is 10.1 Å². The topological polar surface area (TPSA) is 82.2 Å². The number of carbonyl (C=O) groups excluding carboxylic acids is 1. The molecular weight excluding hydrogens is 361 g/mol. The predicted molar refractivity (Wildman–Crippen MR) is 106 cm³/mol. The van der Waals surface area contributed by atoms with Crippen LogP contribution in [0, 0.1) is 5.41 Å². The highest BCUT2D eigenvalue weighted by atomic mass is 35.5. The van der Waals surface area contributed by atoms with Crippen molar-refractivity contribution in [2.75, 3.05) is 6.54 Å². The molecular formula is C17H23Cl2N5O. The number of guanidine groups is 1. The summed E-state index contributed by atoms with van der Waals surface area (Å²) >= 11 is 0. The molecule has 3 rings (SSSR count). The van der Waals surface area contributed by atoms with Crippen molar-refractivity contribution in [3.05, 3.63) is 35.8 Å². The molecule has 0 bridgehead atoms. The van der Waals surface area contributed by atoms with Crippen LogP contribution >= 0.6 is 24.8 Å². The molecule has 0 saturated heterocycles. The third-order valence-corrected chi connectivity index (χ3v) is 3.64. The Morgan fingerprint density at radius 3 is 2.76 bits per heavy atom. The molecule has 1 amide bonds. The Hall–Kier alpha value is -2.05. The first-order valence-corrected chi connectivity index (χ1v) is 7.70. The molecule has 8 heteroatoms. The second kappa shape index (κ2) is 8.36. The minimum absolute atomic E-state index is 0. The summed E-state index contributed by atoms with van der Waals surface area (Å²) in [5.74, 6) is 0.324. The molecule has 136 valence electrons. The maximum atomic E-state index is 12.0. The standard InChI is InChI=1S/C17H21N5O.2ClH/c1-17(2,3)6-8-19-16-21-13(15(23)22-16)9-11-10-20-14-12(11)5-4-7-18-14;;/h4-5,7,9-10H,6,8H2,1-3H3,(H,18,20)(H2,19,21,22,23);2*1H/b13-9-;;. The van der Waals surface area contributed by atoms with Crippen molar-refractivity contribution in [2.45, 2.75) is 27.2 Å². The van der Waals surface area contributed by atoms with Crippen LogP contribution < -0.4 is 10.6 Å². The lowest BCUT2D eigenvalue weighted by Crippen LogP contribution is -2.37. The molecule has 0 aromatic carbocycles. The van der Waals surface area contributed by atoms with Crippen LogP contribution in [0.25, 0.3) is 17.1 Å². The van der Waals surface area contributed by atoms with Crippen LogP contribution in [0.5, 0.6) is 0 Å². The fourth-order valence-corrected chi connectivity index (χ4v) is 2.35. The zero-order chi connectivity index (χ0) is 16.4. The molecule has 0 atom stereocenters. The summed E-state index contributed by atoms with van der Waals surface area (Å²) in [5.41, 5.74) is 2.34. The second-order valence-corrected chi connectivity index (χ2v) is 6.83. The number of aliphatic imine (C=N–C) groups is 1. The summed E-state index contributed by atoms with van der Waals surface area (Å²) in [6, 6.07) is 3.83. The Kier molecular flexibility index (Phi) is 7.02. The van der Waals surface area contributed by atoms with Crippen LogP contribution in [0.1, 0.15) is 32.8 Å². The Morgan fingerprint density at radius 2 is 2.04 bits per heavy atom. The van der Waals surface area contributed by atoms with Gasteiger partial charge < -0.3 is 10.3 Å². The van der Waals surface area contributed by atoms with Crippen LogP contribution in [0.15, 0.2) is 35.2 Å². The van der Waals surface area contributed by atoms with E-state index in [1.807, 2.05) is 18.3 Å². The molecule has 3 N–H and O–H groups in total. The number of H-pyrrole nitrogens is 1. The van der Waals surface area contributed by atoms with Crippen LogP contribution in [0.2, 0.25) is 0 Å². The second-order valence-electron chi connectivity index (χ2n) is 6.83. The number of pyridine rings is 1. The number of halogens is 2. The van der Waals surface area contributed by atoms with E-state index < -0.39 is 0 Å². The summed E-state index contributed by atoms with van der Waals surface area (Å²) in [6.07, 6.45) is 6.33. The zero-order valence-corrected chi connectivity index (χ0v) is 16.1. The van der Waals surface area contributed by atoms with E-state index in [2.05, 4.69) is 46.4 Å². The Labute approximate surface area is 159 Å². The molecule has 0 spiro atoms. The van der Waals surface area contributed by atoms with E-state index in [4.69, 9.17) is 0 Å². The van der Waals surface area contributed by atoms with Crippen molar-refractivity contribution in [1.29, 1.82) is 0 Å². The smallest absolute Gasteiger partial charge is 0.276 e. The monoisotopic (exact) mass is 383 g/mol. The average Bonchev–Trinajstić information content (AvgIpc) is 3.03. The Bertz CT molecular complexity index is 805. The largest absolute Gasteiger partial charge is 0.356 e. The number of rotatable bonds is 3. The van der Waals surface area contributed by atoms with E-state index in [9.17, 15) is 4.79 Å². The van der Waals surface area contributed by atoms with Gasteiger partial charge in [-0.25, -0.2) is 9.98 Å². The van der Waals surface area contributed by atoms with Gasteiger partial charge in [0.2, 0.25) is 5.96 Å². The highest BCUT2D eigenvalue weighted by Gasteiger charge is 2.20. The van der Waals surface area contributed by atoms with Gasteiger partial charge in [0.05, 0.1) is 0 Å². The summed E-state index contributed by atoms with van der Waals surface area (Å²) in [4.78, 5) is 23.7. The zero-order valence-electron chi connectivity index (χ0n) is 14.4. The van der Waals surface area contributed by atoms with E-state index in [0.29, 0.717) is 11.7 Å². The number of nitrogens with zero attached hydrogens (tertiary/aromatic N) is 2. The first kappa shape index (κ1) is 21.0. The lowest BCUT2D eigenvalue weighted by Gasteiger charge is -2.18. The number of carbonyl (C=O) groups is 1. The van der Waals surface area contributed by atoms with E-state index in [-0.39, 0.29) is 36.1 Å². The molecule has 2 aromatic rings. The van der Waals surface area contributed by atoms with E-state index in [0.717, 1.165) is 29.6 Å². The van der Waals surface area contributed by atoms with Gasteiger partial charge in [0, 0.05) is 29.9 Å². The lowest BCUT2D eigenvalue weighted by molar-refractivity contribution is -0.115. The van der Waals surface area contributed by atoms with Crippen molar-refractivity contribution in [3.8, 4) is 0 Å². The third-order valence-electron chi connectivity index (χ3n) is 3.64. The predicted octanol–water partition coefficient (Wildman–Crippen LogP) is 3.26. The number of aromatic nitrogens is 2. The molecule has 0 aliphatic carbocycles. The third kappa shape index (κ3) is 5.21. The van der Waals surface area contributed by atoms with Gasteiger partial charge >= 0.3 is 0 Å². The minimum atomic E-state index is -0.193. The summed E-state index contributed by atoms with van der Waals surface area (Å²) in [5, 5.41) is 6.90. The van der Waals surface area contributed by atoms with Gasteiger partial charge in [-0.15, -0.1) is 24.8 Å². The minimum Gasteiger partial charge on any atom is -0.356 e. The lowest BCUT2D eigenvalue weighted by atomic mass is 9.92. The molecule has 1 aliphatic heterocycles. The maximum Gasteiger partial charge on any atom is 0.276 e. The van der Waals surface area contributed by atoms with Crippen molar-refractivity contribution in [2.24, 2.45) is 10.4 Å². The number of aromatic amines is 1. The molecule has 0 radical (unpaired) electrons. The molecule has 0 unspecified atom stereocenters. The van der Waals surface area contributed by atoms with Crippen LogP contribution in [0.4, 0.5) is 0 Å². The average molecular weight is 384 g/mol. The SMILES string of the molecule is CC(C)(C)CCNC1=N/C(=C\c2c[nH]c3ncccc23)C(=O)N1.Cl.Cl. The van der Waals surface area contributed by atoms with Gasteiger partial charge in [0.15, 0.2) is 0 Å². The molecule has 6 nitrogen and oxygen atoms in total. The van der Waals surface area contributed by atoms with E-state index >= 15 is 0 Å². The van der Waals surface area contributed by atoms with Gasteiger partial charge in [0.25, 0.3) is 5.91 Å². The molecule has 0 fully saturated rings. The number of hydrogen-bond donors (Lipinski definition) is 3. The van der Waals surface area contributed by atoms with Crippen LogP contribution in [0.3, 0.4) is 0 Å². The highest BCUT2D eigenvalue weighted by molar-refractivity contribution is 6.14. The van der Waals surface area contributed by atoms with Crippen LogP contribution in [-0.2, 0) is 4.79 Å². The molecule has 2 aromatic heterocycles. The van der Waals surface area contributed by atoms with Gasteiger partial charge in [-0.2, -0.15) is 0 Å². The number of fused-ring (bicyclic) bond motifs is 1. The fourth-order valence-electron chi connectivity index (χ4n) is 2.35. The van der Waals surface area contributed by atoms with Crippen molar-refractivity contribution in [1.82, 2.24) is 20.6 Å². The van der Waals surface area contributed by atoms with Crippen molar-refractivity contribution < 1.29 is 4.79 Å². The van der Waals surface area contributed by atoms with Gasteiger partial charge in [-0.1, -0.05) is 20.8 Å². The van der Waals surface area contributed by atoms with Gasteiger partial charge in [0.1, 0.15) is 11.3 Å². The Balaban J connectivity index is 0.00000156. The van der Waals surface area contributed by atoms with Gasteiger partial charge in [-0.05, 0) is 30.0 Å². The summed E-state index contributed by atoms with van der Waals surface area (Å²) in [7, 11) is 0. The Morgan fingerprint density at radius 1 is 1.28 bits per heavy atom. The van der Waals surface area contributed by atoms with E-state index in [1.165, 1.54) is 0 Å². The number of nitrogens with one attached hydrogen (secondary N) is 3. The van der Waals surface area contributed by atoms with Crippen molar-refractivity contribution in [3.63, 3.8) is 0 Å². The first-order chi connectivity index (χ1) is 10.9. The van der Waals surface area contributed by atoms with Crippen LogP contribution in [-0.4, -0.2) is 28.4 Å². The normalized spacial score (nSPS) is 15.4. The number of hydrogen-bond acceptors (Lipinski definition) is 4. The number of amides is 1. The first-order valence-electron chi connectivity index (χ1n) is 7.70. The molecule has 3 heterocycles. The molecule has 1 aliphatic rings. The van der Waals surface area contributed by atoms with E-state index in [1.54, 1.807) is 12.3 Å². The quantitative estimate of drug-likeness (QED) is 0.711. The highest BCUT2D eigenvalue weighted by Crippen LogP contribution is 2.20. The summed E-state index contributed by atoms with van der Waals surface area (Å²) in [6.45, 7) is 7.31. The summed E-state index contributed by atoms with van der Waals surface area (Å²) < 4.78 is 0. The fraction of sp³-hybridized carbons (Fsp3) is 0.353. The van der Waals surface area contributed by atoms with Crippen molar-refractivity contribution >= 4 is 53.8 Å². The maximum absolute atomic E-state index is 12.0.